The van der Waals surface area contributed by atoms with Crippen LogP contribution in [0, 0.1) is 6.92 Å². The minimum absolute atomic E-state index is 0.165. The monoisotopic (exact) mass is 235 g/mol. The van der Waals surface area contributed by atoms with E-state index in [-0.39, 0.29) is 10.6 Å². The highest BCUT2D eigenvalue weighted by Gasteiger charge is 2.16. The molecule has 1 rings (SSSR count). The Morgan fingerprint density at radius 1 is 1.43 bits per heavy atom. The summed E-state index contributed by atoms with van der Waals surface area (Å²) in [6.45, 7) is 1.66. The highest BCUT2D eigenvalue weighted by molar-refractivity contribution is 7.86. The van der Waals surface area contributed by atoms with Gasteiger partial charge in [-0.05, 0) is 24.6 Å². The molecule has 0 bridgehead atoms. The van der Waals surface area contributed by atoms with Crippen molar-refractivity contribution >= 4 is 27.4 Å². The first-order chi connectivity index (χ1) is 6.36. The molecule has 1 aromatic carbocycles. The number of nitrogens with one attached hydrogen (secondary N) is 1. The second-order valence-corrected chi connectivity index (χ2v) is 4.62. The molecular weight excluding hydrogens is 226 g/mol. The van der Waals surface area contributed by atoms with Crippen molar-refractivity contribution in [2.24, 2.45) is 0 Å². The fraction of sp³-hybridized carbons (Fsp3) is 0.250. The molecule has 0 saturated heterocycles. The molecule has 0 unspecified atom stereocenters. The summed E-state index contributed by atoms with van der Waals surface area (Å²) in [4.78, 5) is -0.165. The lowest BCUT2D eigenvalue weighted by Gasteiger charge is -2.08. The number of benzene rings is 1. The zero-order valence-corrected chi connectivity index (χ0v) is 9.28. The third-order valence-electron chi connectivity index (χ3n) is 1.81. The maximum atomic E-state index is 10.9. The number of aryl methyl sites for hydroxylation is 1. The van der Waals surface area contributed by atoms with Crippen LogP contribution < -0.4 is 5.32 Å². The molecule has 14 heavy (non-hydrogen) atoms. The van der Waals surface area contributed by atoms with Crippen LogP contribution in [0.15, 0.2) is 17.0 Å². The van der Waals surface area contributed by atoms with Crippen molar-refractivity contribution in [1.29, 1.82) is 0 Å². The molecule has 2 N–H and O–H groups in total. The van der Waals surface area contributed by atoms with Crippen LogP contribution in [0.3, 0.4) is 0 Å². The minimum atomic E-state index is -4.21. The lowest BCUT2D eigenvalue weighted by Crippen LogP contribution is -2.04. The molecule has 0 saturated carbocycles. The maximum absolute atomic E-state index is 10.9. The van der Waals surface area contributed by atoms with Crippen molar-refractivity contribution in [1.82, 2.24) is 0 Å². The summed E-state index contributed by atoms with van der Waals surface area (Å²) >= 11 is 5.80. The fourth-order valence-electron chi connectivity index (χ4n) is 1.06. The number of anilines is 1. The van der Waals surface area contributed by atoms with Crippen LogP contribution in [0.25, 0.3) is 0 Å². The van der Waals surface area contributed by atoms with Gasteiger partial charge in [0, 0.05) is 12.1 Å². The normalized spacial score (nSPS) is 11.4. The lowest BCUT2D eigenvalue weighted by atomic mass is 10.2. The molecule has 0 fully saturated rings. The van der Waals surface area contributed by atoms with Gasteiger partial charge >= 0.3 is 0 Å². The van der Waals surface area contributed by atoms with Gasteiger partial charge in [-0.2, -0.15) is 8.42 Å². The molecule has 4 nitrogen and oxygen atoms in total. The molecule has 0 aliphatic carbocycles. The molecule has 0 aromatic heterocycles. The number of hydrogen-bond donors (Lipinski definition) is 2. The summed E-state index contributed by atoms with van der Waals surface area (Å²) in [6, 6.07) is 2.78. The molecule has 0 aliphatic heterocycles. The zero-order chi connectivity index (χ0) is 10.9. The third-order valence-corrected chi connectivity index (χ3v) is 3.11. The predicted molar refractivity (Wildman–Crippen MR) is 55.6 cm³/mol. The molecule has 1 aromatic rings. The minimum Gasteiger partial charge on any atom is -0.387 e. The summed E-state index contributed by atoms with van der Waals surface area (Å²) in [5.74, 6) is 0. The second kappa shape index (κ2) is 3.76. The molecule has 0 radical (unpaired) electrons. The summed E-state index contributed by atoms with van der Waals surface area (Å²) in [5.41, 5.74) is 0.876. The van der Waals surface area contributed by atoms with Crippen LogP contribution in [0.2, 0.25) is 5.02 Å². The summed E-state index contributed by atoms with van der Waals surface area (Å²) < 4.78 is 30.8. The Kier molecular flexibility index (Phi) is 3.04. The van der Waals surface area contributed by atoms with E-state index in [0.29, 0.717) is 10.6 Å². The van der Waals surface area contributed by atoms with Crippen LogP contribution in [-0.2, 0) is 10.1 Å². The smallest absolute Gasteiger partial charge is 0.296 e. The van der Waals surface area contributed by atoms with E-state index in [1.807, 2.05) is 0 Å². The van der Waals surface area contributed by atoms with Gasteiger partial charge in [-0.25, -0.2) is 0 Å². The average Bonchev–Trinajstić information content (AvgIpc) is 2.07. The first kappa shape index (κ1) is 11.3. The van der Waals surface area contributed by atoms with E-state index in [0.717, 1.165) is 0 Å². The van der Waals surface area contributed by atoms with Crippen LogP contribution in [-0.4, -0.2) is 20.0 Å². The van der Waals surface area contributed by atoms with Gasteiger partial charge in [-0.1, -0.05) is 11.6 Å². The van der Waals surface area contributed by atoms with Gasteiger partial charge in [-0.15, -0.1) is 0 Å². The molecule has 0 amide bonds. The first-order valence-corrected chi connectivity index (χ1v) is 5.63. The van der Waals surface area contributed by atoms with Crippen LogP contribution in [0.5, 0.6) is 0 Å². The van der Waals surface area contributed by atoms with Gasteiger partial charge < -0.3 is 5.32 Å². The molecule has 6 heteroatoms. The van der Waals surface area contributed by atoms with Crippen LogP contribution in [0.4, 0.5) is 5.69 Å². The van der Waals surface area contributed by atoms with Crippen molar-refractivity contribution in [2.45, 2.75) is 11.8 Å². The second-order valence-electron chi connectivity index (χ2n) is 2.82. The Morgan fingerprint density at radius 3 is 2.43 bits per heavy atom. The van der Waals surface area contributed by atoms with Crippen LogP contribution in [0.1, 0.15) is 5.56 Å². The number of halogens is 1. The SMILES string of the molecule is CNc1cc(Cl)c(C)cc1S(=O)(=O)O. The quantitative estimate of drug-likeness (QED) is 0.769. The van der Waals surface area contributed by atoms with E-state index in [2.05, 4.69) is 5.32 Å². The highest BCUT2D eigenvalue weighted by Crippen LogP contribution is 2.27. The van der Waals surface area contributed by atoms with E-state index in [4.69, 9.17) is 16.2 Å². The largest absolute Gasteiger partial charge is 0.387 e. The molecule has 0 aliphatic rings. The highest BCUT2D eigenvalue weighted by atomic mass is 35.5. The van der Waals surface area contributed by atoms with Gasteiger partial charge in [0.1, 0.15) is 4.90 Å². The summed E-state index contributed by atoms with van der Waals surface area (Å²) in [7, 11) is -2.65. The van der Waals surface area contributed by atoms with Gasteiger partial charge in [-0.3, -0.25) is 4.55 Å². The van der Waals surface area contributed by atoms with E-state index in [9.17, 15) is 8.42 Å². The van der Waals surface area contributed by atoms with Crippen molar-refractivity contribution in [2.75, 3.05) is 12.4 Å². The van der Waals surface area contributed by atoms with E-state index >= 15 is 0 Å². The van der Waals surface area contributed by atoms with Crippen molar-refractivity contribution in [3.05, 3.63) is 22.7 Å². The Hall–Kier alpha value is -0.780. The van der Waals surface area contributed by atoms with Gasteiger partial charge in [0.25, 0.3) is 10.1 Å². The Bertz CT molecular complexity index is 456. The van der Waals surface area contributed by atoms with E-state index in [1.165, 1.54) is 12.1 Å². The van der Waals surface area contributed by atoms with Crippen molar-refractivity contribution < 1.29 is 13.0 Å². The van der Waals surface area contributed by atoms with E-state index < -0.39 is 10.1 Å². The molecular formula is C8H10ClNO3S. The zero-order valence-electron chi connectivity index (χ0n) is 7.70. The Labute approximate surface area is 87.6 Å². The molecule has 0 heterocycles. The van der Waals surface area contributed by atoms with Gasteiger partial charge in [0.2, 0.25) is 0 Å². The summed E-state index contributed by atoms with van der Waals surface area (Å²) in [5, 5.41) is 3.09. The standard InChI is InChI=1S/C8H10ClNO3S/c1-5-3-8(14(11,12)13)7(10-2)4-6(5)9/h3-4,10H,1-2H3,(H,11,12,13). The average molecular weight is 236 g/mol. The number of rotatable bonds is 2. The molecule has 0 spiro atoms. The van der Waals surface area contributed by atoms with Gasteiger partial charge in [0.15, 0.2) is 0 Å². The van der Waals surface area contributed by atoms with Crippen molar-refractivity contribution in [3.63, 3.8) is 0 Å². The Morgan fingerprint density at radius 2 is 2.00 bits per heavy atom. The summed E-state index contributed by atoms with van der Waals surface area (Å²) in [6.07, 6.45) is 0. The Balaban J connectivity index is 3.51. The van der Waals surface area contributed by atoms with Crippen LogP contribution >= 0.6 is 11.6 Å². The fourth-order valence-corrected chi connectivity index (χ4v) is 1.99. The first-order valence-electron chi connectivity index (χ1n) is 3.81. The predicted octanol–water partition coefficient (Wildman–Crippen LogP) is 1.94. The third kappa shape index (κ3) is 2.17. The van der Waals surface area contributed by atoms with E-state index in [1.54, 1.807) is 14.0 Å². The lowest BCUT2D eigenvalue weighted by molar-refractivity contribution is 0.483. The number of hydrogen-bond acceptors (Lipinski definition) is 3. The topological polar surface area (TPSA) is 66.4 Å². The molecule has 78 valence electrons. The molecule has 0 atom stereocenters. The van der Waals surface area contributed by atoms with Gasteiger partial charge in [0.05, 0.1) is 5.69 Å². The maximum Gasteiger partial charge on any atom is 0.296 e. The van der Waals surface area contributed by atoms with Crippen molar-refractivity contribution in [3.8, 4) is 0 Å².